The van der Waals surface area contributed by atoms with Gasteiger partial charge in [-0.3, -0.25) is 13.8 Å². The highest BCUT2D eigenvalue weighted by molar-refractivity contribution is 7.47. The van der Waals surface area contributed by atoms with Crippen molar-refractivity contribution in [1.82, 2.24) is 0 Å². The SMILES string of the molecule is CCCCCCC/C=C\C/C=C\C/C=C\CCCCCCCCCCCOCC(COP(=O)(O)OC1C(O)C(O)C(O)C(O)C1O)OC(=O)CCCCCCCCCCCCC. The van der Waals surface area contributed by atoms with E-state index >= 15 is 0 Å². The zero-order valence-electron chi connectivity index (χ0n) is 38.9. The molecule has 62 heavy (non-hydrogen) atoms. The van der Waals surface area contributed by atoms with Crippen molar-refractivity contribution in [3.63, 3.8) is 0 Å². The molecule has 1 aliphatic carbocycles. The fourth-order valence-electron chi connectivity index (χ4n) is 7.54. The Bertz CT molecular complexity index is 1170. The molecular weight excluding hydrogens is 812 g/mol. The standard InChI is InChI=1S/C49H91O12P/c1-3-5-7-9-11-13-15-16-17-18-19-20-21-22-23-24-25-26-27-29-31-33-35-37-39-58-40-42(60-43(50)38-36-34-32-30-28-14-12-10-8-6-4-2)41-59-62(56,57)61-49-47(54)45(52)44(51)46(53)48(49)55/h15-16,18-19,21-22,42,44-49,51-55H,3-14,17,20,23-41H2,1-2H3,(H,56,57)/b16-15-,19-18-,22-21-. The number of aliphatic hydroxyl groups is 5. The van der Waals surface area contributed by atoms with E-state index in [2.05, 4.69) is 50.3 Å². The number of carbonyl (C=O) groups excluding carboxylic acids is 1. The number of carbonyl (C=O) groups is 1. The molecule has 6 N–H and O–H groups in total. The molecule has 6 unspecified atom stereocenters. The molecule has 12 nitrogen and oxygen atoms in total. The first-order chi connectivity index (χ1) is 30.0. The Morgan fingerprint density at radius 3 is 1.37 bits per heavy atom. The molecule has 1 aliphatic rings. The molecule has 6 atom stereocenters. The minimum atomic E-state index is -5.02. The van der Waals surface area contributed by atoms with Gasteiger partial charge in [-0.2, -0.15) is 0 Å². The van der Waals surface area contributed by atoms with Gasteiger partial charge in [-0.15, -0.1) is 0 Å². The lowest BCUT2D eigenvalue weighted by Gasteiger charge is -2.41. The molecule has 0 saturated heterocycles. The fourth-order valence-corrected chi connectivity index (χ4v) is 8.51. The van der Waals surface area contributed by atoms with Crippen molar-refractivity contribution < 1.29 is 58.3 Å². The van der Waals surface area contributed by atoms with Crippen molar-refractivity contribution in [2.24, 2.45) is 0 Å². The molecule has 0 aromatic heterocycles. The molecule has 0 aromatic carbocycles. The Morgan fingerprint density at radius 2 is 0.903 bits per heavy atom. The van der Waals surface area contributed by atoms with E-state index in [1.54, 1.807) is 0 Å². The molecule has 1 saturated carbocycles. The lowest BCUT2D eigenvalue weighted by atomic mass is 9.85. The molecular formula is C49H91O12P. The Labute approximate surface area is 376 Å². The van der Waals surface area contributed by atoms with Crippen LogP contribution >= 0.6 is 7.82 Å². The maximum absolute atomic E-state index is 12.8. The van der Waals surface area contributed by atoms with E-state index in [4.69, 9.17) is 18.5 Å². The normalized spacial score (nSPS) is 22.3. The highest BCUT2D eigenvalue weighted by Crippen LogP contribution is 2.47. The third-order valence-electron chi connectivity index (χ3n) is 11.5. The van der Waals surface area contributed by atoms with Gasteiger partial charge in [-0.05, 0) is 51.4 Å². The number of aliphatic hydroxyl groups excluding tert-OH is 5. The highest BCUT2D eigenvalue weighted by atomic mass is 31.2. The van der Waals surface area contributed by atoms with Gasteiger partial charge < -0.3 is 39.9 Å². The van der Waals surface area contributed by atoms with Crippen LogP contribution in [0.15, 0.2) is 36.5 Å². The maximum Gasteiger partial charge on any atom is 0.472 e. The fraction of sp³-hybridized carbons (Fsp3) is 0.857. The number of rotatable bonds is 42. The molecule has 0 radical (unpaired) electrons. The Hall–Kier alpha value is -1.44. The number of esters is 1. The molecule has 1 fully saturated rings. The number of hydrogen-bond donors (Lipinski definition) is 6. The highest BCUT2D eigenvalue weighted by Gasteiger charge is 2.51. The van der Waals surface area contributed by atoms with Gasteiger partial charge in [0.25, 0.3) is 0 Å². The monoisotopic (exact) mass is 903 g/mol. The zero-order chi connectivity index (χ0) is 45.5. The second-order valence-electron chi connectivity index (χ2n) is 17.3. The minimum absolute atomic E-state index is 0.0782. The second kappa shape index (κ2) is 39.9. The average molecular weight is 903 g/mol. The molecule has 364 valence electrons. The number of ether oxygens (including phenoxy) is 2. The number of hydrogen-bond acceptors (Lipinski definition) is 11. The summed E-state index contributed by atoms with van der Waals surface area (Å²) in [7, 11) is -5.02. The van der Waals surface area contributed by atoms with Gasteiger partial charge in [-0.25, -0.2) is 4.57 Å². The molecule has 0 heterocycles. The van der Waals surface area contributed by atoms with Crippen LogP contribution in [-0.4, -0.2) is 98.9 Å². The predicted octanol–water partition coefficient (Wildman–Crippen LogP) is 10.6. The van der Waals surface area contributed by atoms with E-state index in [0.717, 1.165) is 64.2 Å². The van der Waals surface area contributed by atoms with Gasteiger partial charge in [0.15, 0.2) is 0 Å². The van der Waals surface area contributed by atoms with Crippen LogP contribution in [0.5, 0.6) is 0 Å². The topological polar surface area (TPSA) is 192 Å². The molecule has 0 aromatic rings. The van der Waals surface area contributed by atoms with Crippen LogP contribution in [0.25, 0.3) is 0 Å². The van der Waals surface area contributed by atoms with Gasteiger partial charge in [0.05, 0.1) is 13.2 Å². The lowest BCUT2D eigenvalue weighted by molar-refractivity contribution is -0.220. The van der Waals surface area contributed by atoms with Crippen molar-refractivity contribution in [2.45, 2.75) is 249 Å². The number of allylic oxidation sites excluding steroid dienone is 6. The second-order valence-corrected chi connectivity index (χ2v) is 18.7. The van der Waals surface area contributed by atoms with Crippen LogP contribution in [0.1, 0.15) is 206 Å². The van der Waals surface area contributed by atoms with Crippen LogP contribution < -0.4 is 0 Å². The number of phosphoric acid groups is 1. The Morgan fingerprint density at radius 1 is 0.516 bits per heavy atom. The molecule has 1 rings (SSSR count). The van der Waals surface area contributed by atoms with Crippen molar-refractivity contribution in [2.75, 3.05) is 19.8 Å². The zero-order valence-corrected chi connectivity index (χ0v) is 39.8. The van der Waals surface area contributed by atoms with E-state index in [1.165, 1.54) is 116 Å². The molecule has 0 bridgehead atoms. The van der Waals surface area contributed by atoms with E-state index in [0.29, 0.717) is 13.0 Å². The van der Waals surface area contributed by atoms with Crippen molar-refractivity contribution in [3.8, 4) is 0 Å². The number of unbranched alkanes of at least 4 members (excludes halogenated alkanes) is 24. The summed E-state index contributed by atoms with van der Waals surface area (Å²) in [6.45, 7) is 4.23. The van der Waals surface area contributed by atoms with E-state index in [-0.39, 0.29) is 13.0 Å². The molecule has 13 heteroatoms. The van der Waals surface area contributed by atoms with Crippen molar-refractivity contribution in [1.29, 1.82) is 0 Å². The quantitative estimate of drug-likeness (QED) is 0.0147. The minimum Gasteiger partial charge on any atom is -0.457 e. The smallest absolute Gasteiger partial charge is 0.457 e. The van der Waals surface area contributed by atoms with E-state index in [9.17, 15) is 39.8 Å². The largest absolute Gasteiger partial charge is 0.472 e. The van der Waals surface area contributed by atoms with Gasteiger partial charge in [0.1, 0.15) is 42.7 Å². The Balaban J connectivity index is 2.30. The van der Waals surface area contributed by atoms with Crippen LogP contribution in [0, 0.1) is 0 Å². The summed E-state index contributed by atoms with van der Waals surface area (Å²) in [6.07, 6.45) is 35.1. The first-order valence-corrected chi connectivity index (χ1v) is 26.3. The van der Waals surface area contributed by atoms with E-state index < -0.39 is 63.1 Å². The predicted molar refractivity (Wildman–Crippen MR) is 249 cm³/mol. The maximum atomic E-state index is 12.8. The van der Waals surface area contributed by atoms with Crippen molar-refractivity contribution in [3.05, 3.63) is 36.5 Å². The van der Waals surface area contributed by atoms with Crippen molar-refractivity contribution >= 4 is 13.8 Å². The Kier molecular flexibility index (Phi) is 37.7. The van der Waals surface area contributed by atoms with Gasteiger partial charge in [0, 0.05) is 13.0 Å². The molecule has 0 aliphatic heterocycles. The van der Waals surface area contributed by atoms with Gasteiger partial charge in [0.2, 0.25) is 0 Å². The van der Waals surface area contributed by atoms with Gasteiger partial charge >= 0.3 is 13.8 Å². The summed E-state index contributed by atoms with van der Waals surface area (Å²) in [6, 6.07) is 0. The number of phosphoric ester groups is 1. The summed E-state index contributed by atoms with van der Waals surface area (Å²) in [4.78, 5) is 23.1. The summed E-state index contributed by atoms with van der Waals surface area (Å²) >= 11 is 0. The summed E-state index contributed by atoms with van der Waals surface area (Å²) < 4.78 is 34.2. The van der Waals surface area contributed by atoms with Crippen LogP contribution in [0.2, 0.25) is 0 Å². The first-order valence-electron chi connectivity index (χ1n) is 24.8. The van der Waals surface area contributed by atoms with E-state index in [1.807, 2.05) is 0 Å². The molecule has 0 amide bonds. The van der Waals surface area contributed by atoms with Crippen LogP contribution in [-0.2, 0) is 27.9 Å². The van der Waals surface area contributed by atoms with Crippen LogP contribution in [0.3, 0.4) is 0 Å². The first kappa shape index (κ1) is 58.6. The third-order valence-corrected chi connectivity index (χ3v) is 12.5. The summed E-state index contributed by atoms with van der Waals surface area (Å²) in [5.74, 6) is -0.480. The molecule has 0 spiro atoms. The van der Waals surface area contributed by atoms with Gasteiger partial charge in [-0.1, -0.05) is 185 Å². The van der Waals surface area contributed by atoms with Crippen LogP contribution in [0.4, 0.5) is 0 Å². The summed E-state index contributed by atoms with van der Waals surface area (Å²) in [5.41, 5.74) is 0. The third kappa shape index (κ3) is 31.4. The average Bonchev–Trinajstić information content (AvgIpc) is 3.26. The lowest BCUT2D eigenvalue weighted by Crippen LogP contribution is -2.64. The summed E-state index contributed by atoms with van der Waals surface area (Å²) in [5, 5.41) is 50.2.